The van der Waals surface area contributed by atoms with Crippen molar-refractivity contribution in [2.45, 2.75) is 25.7 Å². The number of nitrogens with zero attached hydrogens (tertiary/aromatic N) is 2. The highest BCUT2D eigenvalue weighted by Gasteiger charge is 2.29. The molecule has 1 aromatic carbocycles. The number of carbonyl (C=O) groups is 2. The molecule has 8 heteroatoms. The van der Waals surface area contributed by atoms with Crippen LogP contribution in [0.4, 0.5) is 0 Å². The van der Waals surface area contributed by atoms with Gasteiger partial charge in [0, 0.05) is 56.3 Å². The monoisotopic (exact) mass is 427 g/mol. The zero-order chi connectivity index (χ0) is 19.9. The summed E-state index contributed by atoms with van der Waals surface area (Å²) in [6.07, 6.45) is 4.47. The molecule has 2 fully saturated rings. The summed E-state index contributed by atoms with van der Waals surface area (Å²) in [6, 6.07) is 4.88. The number of amides is 2. The molecule has 6 nitrogen and oxygen atoms in total. The van der Waals surface area contributed by atoms with Gasteiger partial charge in [-0.05, 0) is 25.0 Å². The Kier molecular flexibility index (Phi) is 7.82. The number of nitrogens with one attached hydrogen (secondary N) is 1. The lowest BCUT2D eigenvalue weighted by atomic mass is 10.1. The highest BCUT2D eigenvalue weighted by atomic mass is 35.5. The molecule has 154 valence electrons. The molecule has 0 spiro atoms. The molecule has 0 aromatic heterocycles. The van der Waals surface area contributed by atoms with Crippen molar-refractivity contribution in [3.8, 4) is 5.75 Å². The number of ether oxygens (including phenoxy) is 1. The van der Waals surface area contributed by atoms with Crippen LogP contribution in [0.25, 0.3) is 0 Å². The molecular formula is C20H27Cl2N3O3. The van der Waals surface area contributed by atoms with Crippen LogP contribution in [0.2, 0.25) is 10.0 Å². The Bertz CT molecular complexity index is 687. The zero-order valence-corrected chi connectivity index (χ0v) is 17.5. The summed E-state index contributed by atoms with van der Waals surface area (Å²) in [5, 5.41) is 3.77. The summed E-state index contributed by atoms with van der Waals surface area (Å²) in [7, 11) is 0. The first kappa shape index (κ1) is 21.2. The van der Waals surface area contributed by atoms with Gasteiger partial charge in [-0.1, -0.05) is 36.0 Å². The minimum Gasteiger partial charge on any atom is -0.482 e. The minimum atomic E-state index is -0.203. The van der Waals surface area contributed by atoms with Crippen molar-refractivity contribution < 1.29 is 14.3 Å². The molecule has 0 bridgehead atoms. The van der Waals surface area contributed by atoms with Gasteiger partial charge in [0.25, 0.3) is 5.91 Å². The van der Waals surface area contributed by atoms with Gasteiger partial charge in [-0.2, -0.15) is 0 Å². The number of piperazine rings is 1. The quantitative estimate of drug-likeness (QED) is 0.726. The summed E-state index contributed by atoms with van der Waals surface area (Å²) >= 11 is 11.9. The number of hydrogen-bond donors (Lipinski definition) is 1. The molecule has 28 heavy (non-hydrogen) atoms. The number of rotatable bonds is 7. The van der Waals surface area contributed by atoms with Gasteiger partial charge >= 0.3 is 0 Å². The second-order valence-corrected chi connectivity index (χ2v) is 8.21. The average molecular weight is 428 g/mol. The largest absolute Gasteiger partial charge is 0.482 e. The van der Waals surface area contributed by atoms with Crippen LogP contribution in [0.5, 0.6) is 5.75 Å². The van der Waals surface area contributed by atoms with Crippen LogP contribution < -0.4 is 10.1 Å². The Hall–Kier alpha value is -1.50. The first-order valence-electron chi connectivity index (χ1n) is 9.88. The van der Waals surface area contributed by atoms with Gasteiger partial charge in [0.05, 0.1) is 5.02 Å². The highest BCUT2D eigenvalue weighted by Crippen LogP contribution is 2.28. The SMILES string of the molecule is O=C(COc1cc(Cl)ccc1Cl)NCCN1CCN(C(=O)C2CCCC2)CC1. The molecule has 1 aliphatic carbocycles. The lowest BCUT2D eigenvalue weighted by Gasteiger charge is -2.36. The fourth-order valence-corrected chi connectivity index (χ4v) is 4.09. The van der Waals surface area contributed by atoms with Crippen molar-refractivity contribution in [3.63, 3.8) is 0 Å². The maximum Gasteiger partial charge on any atom is 0.257 e. The van der Waals surface area contributed by atoms with Gasteiger partial charge in [0.15, 0.2) is 6.61 Å². The Balaban J connectivity index is 1.30. The molecule has 3 rings (SSSR count). The van der Waals surface area contributed by atoms with E-state index in [1.807, 2.05) is 4.90 Å². The molecule has 0 atom stereocenters. The van der Waals surface area contributed by atoms with Gasteiger partial charge in [0.1, 0.15) is 5.75 Å². The first-order valence-corrected chi connectivity index (χ1v) is 10.6. The van der Waals surface area contributed by atoms with E-state index in [9.17, 15) is 9.59 Å². The van der Waals surface area contributed by atoms with E-state index in [0.29, 0.717) is 28.2 Å². The van der Waals surface area contributed by atoms with Crippen molar-refractivity contribution in [1.82, 2.24) is 15.1 Å². The van der Waals surface area contributed by atoms with Crippen LogP contribution in [-0.4, -0.2) is 67.5 Å². The van der Waals surface area contributed by atoms with Crippen molar-refractivity contribution >= 4 is 35.0 Å². The second-order valence-electron chi connectivity index (χ2n) is 7.36. The van der Waals surface area contributed by atoms with Gasteiger partial charge in [-0.25, -0.2) is 0 Å². The Morgan fingerprint density at radius 1 is 1.11 bits per heavy atom. The lowest BCUT2D eigenvalue weighted by Crippen LogP contribution is -2.51. The van der Waals surface area contributed by atoms with Crippen LogP contribution in [0.1, 0.15) is 25.7 Å². The molecule has 0 unspecified atom stereocenters. The third-order valence-electron chi connectivity index (χ3n) is 5.39. The van der Waals surface area contributed by atoms with E-state index in [4.69, 9.17) is 27.9 Å². The van der Waals surface area contributed by atoms with E-state index in [-0.39, 0.29) is 18.4 Å². The van der Waals surface area contributed by atoms with Crippen LogP contribution in [0, 0.1) is 5.92 Å². The van der Waals surface area contributed by atoms with Crippen LogP contribution in [0.3, 0.4) is 0 Å². The standard InChI is InChI=1S/C20H27Cl2N3O3/c21-16-5-6-17(22)18(13-16)28-14-19(26)23-7-8-24-9-11-25(12-10-24)20(27)15-3-1-2-4-15/h5-6,13,15H,1-4,7-12,14H2,(H,23,26). The molecule has 2 aliphatic rings. The third-order valence-corrected chi connectivity index (χ3v) is 5.94. The van der Waals surface area contributed by atoms with E-state index < -0.39 is 0 Å². The summed E-state index contributed by atoms with van der Waals surface area (Å²) in [5.41, 5.74) is 0. The fraction of sp³-hybridized carbons (Fsp3) is 0.600. The van der Waals surface area contributed by atoms with E-state index in [1.165, 1.54) is 12.8 Å². The van der Waals surface area contributed by atoms with Gasteiger partial charge < -0.3 is 15.0 Å². The van der Waals surface area contributed by atoms with E-state index in [1.54, 1.807) is 18.2 Å². The van der Waals surface area contributed by atoms with Crippen molar-refractivity contribution in [2.24, 2.45) is 5.92 Å². The summed E-state index contributed by atoms with van der Waals surface area (Å²) in [4.78, 5) is 28.7. The second kappa shape index (κ2) is 10.3. The normalized spacial score (nSPS) is 18.3. The lowest BCUT2D eigenvalue weighted by molar-refractivity contribution is -0.137. The number of carbonyl (C=O) groups excluding carboxylic acids is 2. The molecule has 1 saturated carbocycles. The van der Waals surface area contributed by atoms with Crippen LogP contribution in [-0.2, 0) is 9.59 Å². The Morgan fingerprint density at radius 3 is 2.54 bits per heavy atom. The van der Waals surface area contributed by atoms with Gasteiger partial charge in [-0.3, -0.25) is 14.5 Å². The van der Waals surface area contributed by atoms with Gasteiger partial charge in [-0.15, -0.1) is 0 Å². The van der Waals surface area contributed by atoms with Gasteiger partial charge in [0.2, 0.25) is 5.91 Å². The predicted octanol–water partition coefficient (Wildman–Crippen LogP) is 2.82. The molecule has 1 N–H and O–H groups in total. The summed E-state index contributed by atoms with van der Waals surface area (Å²) in [5.74, 6) is 0.777. The molecule has 1 aliphatic heterocycles. The molecule has 1 aromatic rings. The molecule has 2 amide bonds. The van der Waals surface area contributed by atoms with Crippen molar-refractivity contribution in [1.29, 1.82) is 0 Å². The minimum absolute atomic E-state index is 0.107. The average Bonchev–Trinajstić information content (AvgIpc) is 3.23. The Morgan fingerprint density at radius 2 is 1.82 bits per heavy atom. The fourth-order valence-electron chi connectivity index (χ4n) is 3.76. The van der Waals surface area contributed by atoms with E-state index >= 15 is 0 Å². The van der Waals surface area contributed by atoms with Crippen molar-refractivity contribution in [2.75, 3.05) is 45.9 Å². The molecule has 0 radical (unpaired) electrons. The number of benzene rings is 1. The molecule has 1 heterocycles. The number of halogens is 2. The molecule has 1 saturated heterocycles. The van der Waals surface area contributed by atoms with Crippen LogP contribution in [0.15, 0.2) is 18.2 Å². The first-order chi connectivity index (χ1) is 13.5. The summed E-state index contributed by atoms with van der Waals surface area (Å²) in [6.45, 7) is 4.45. The molecular weight excluding hydrogens is 401 g/mol. The number of hydrogen-bond acceptors (Lipinski definition) is 4. The predicted molar refractivity (Wildman–Crippen MR) is 110 cm³/mol. The third kappa shape index (κ3) is 6.00. The highest BCUT2D eigenvalue weighted by molar-refractivity contribution is 6.34. The smallest absolute Gasteiger partial charge is 0.257 e. The maximum atomic E-state index is 12.5. The maximum absolute atomic E-state index is 12.5. The Labute approximate surface area is 176 Å². The van der Waals surface area contributed by atoms with E-state index in [0.717, 1.165) is 45.6 Å². The zero-order valence-electron chi connectivity index (χ0n) is 16.0. The van der Waals surface area contributed by atoms with Crippen molar-refractivity contribution in [3.05, 3.63) is 28.2 Å². The van der Waals surface area contributed by atoms with E-state index in [2.05, 4.69) is 10.2 Å². The topological polar surface area (TPSA) is 61.9 Å². The van der Waals surface area contributed by atoms with Crippen LogP contribution >= 0.6 is 23.2 Å². The summed E-state index contributed by atoms with van der Waals surface area (Å²) < 4.78 is 5.42.